The minimum absolute atomic E-state index is 0. The first-order valence-corrected chi connectivity index (χ1v) is 6.34. The molecule has 2 rings (SSSR count). The smallest absolute Gasteiger partial charge is 0.550 e. The van der Waals surface area contributed by atoms with Gasteiger partial charge in [-0.25, -0.2) is 0 Å². The molecule has 2 aromatic rings. The summed E-state index contributed by atoms with van der Waals surface area (Å²) in [5, 5.41) is 21.1. The van der Waals surface area contributed by atoms with Crippen molar-refractivity contribution in [1.82, 2.24) is 0 Å². The Morgan fingerprint density at radius 2 is 0.909 bits per heavy atom. The average molecular weight is 320 g/mol. The summed E-state index contributed by atoms with van der Waals surface area (Å²) in [6, 6.07) is 16.7. The molecule has 0 spiro atoms. The summed E-state index contributed by atoms with van der Waals surface area (Å²) in [5.41, 5.74) is 0. The summed E-state index contributed by atoms with van der Waals surface area (Å²) in [6.07, 6.45) is 0.222. The Labute approximate surface area is 175 Å². The van der Waals surface area contributed by atoms with E-state index in [1.165, 1.54) is 24.6 Å². The molecular weight excluding hydrogens is 302 g/mol. The number of fused-ring (bicyclic) bond motifs is 1. The molecule has 0 amide bonds. The van der Waals surface area contributed by atoms with E-state index in [-0.39, 0.29) is 72.0 Å². The summed E-state index contributed by atoms with van der Waals surface area (Å²) < 4.78 is 0. The molecule has 0 aliphatic heterocycles. The molecule has 4 nitrogen and oxygen atoms in total. The Hall–Kier alpha value is -0.360. The van der Waals surface area contributed by atoms with Crippen LogP contribution in [0, 0.1) is 0 Å². The summed E-state index contributed by atoms with van der Waals surface area (Å²) >= 11 is 0. The standard InChI is InChI=1S/C10H8.2C3H6O2.2Na/c1-2-6-10-8-4-3-7-9(10)5-1;2*1-2-3(4)5;;/h1-8H;2*2H2,1H3,(H,4,5);;/q;;;2*+1/p-2. The Bertz CT molecular complexity index is 465. The van der Waals surface area contributed by atoms with E-state index in [9.17, 15) is 19.8 Å². The van der Waals surface area contributed by atoms with Gasteiger partial charge in [0, 0.05) is 11.9 Å². The van der Waals surface area contributed by atoms with E-state index in [1.807, 2.05) is 0 Å². The Kier molecular flexibility index (Phi) is 20.5. The molecular formula is C16H18Na2O4. The minimum atomic E-state index is -0.995. The normalized spacial score (nSPS) is 7.91. The van der Waals surface area contributed by atoms with E-state index in [0.29, 0.717) is 0 Å². The first-order valence-electron chi connectivity index (χ1n) is 6.34. The van der Waals surface area contributed by atoms with Gasteiger partial charge in [0.1, 0.15) is 0 Å². The van der Waals surface area contributed by atoms with Crippen LogP contribution in [0.15, 0.2) is 48.5 Å². The van der Waals surface area contributed by atoms with Crippen molar-refractivity contribution in [3.8, 4) is 0 Å². The molecule has 0 heterocycles. The number of carboxylic acids is 2. The molecule has 0 radical (unpaired) electrons. The van der Waals surface area contributed by atoms with Gasteiger partial charge in [-0.05, 0) is 23.6 Å². The van der Waals surface area contributed by atoms with Crippen LogP contribution >= 0.6 is 0 Å². The molecule has 0 atom stereocenters. The van der Waals surface area contributed by atoms with E-state index >= 15 is 0 Å². The monoisotopic (exact) mass is 320 g/mol. The molecule has 6 heteroatoms. The number of benzene rings is 2. The Balaban J connectivity index is -0.000000264. The topological polar surface area (TPSA) is 80.3 Å². The SMILES string of the molecule is CCC(=O)[O-].CCC(=O)[O-].[Na+].[Na+].c1ccc2ccccc2c1. The molecule has 0 aliphatic rings. The van der Waals surface area contributed by atoms with Gasteiger partial charge in [0.15, 0.2) is 0 Å². The maximum Gasteiger partial charge on any atom is 1.00 e. The molecule has 22 heavy (non-hydrogen) atoms. The van der Waals surface area contributed by atoms with E-state index in [1.54, 1.807) is 0 Å². The van der Waals surface area contributed by atoms with Gasteiger partial charge >= 0.3 is 59.1 Å². The Morgan fingerprint density at radius 1 is 0.727 bits per heavy atom. The average Bonchev–Trinajstić information content (AvgIpc) is 2.48. The van der Waals surface area contributed by atoms with Crippen molar-refractivity contribution in [2.24, 2.45) is 0 Å². The third-order valence-electron chi connectivity index (χ3n) is 2.24. The number of carboxylic acid groups (broad SMARTS) is 2. The maximum atomic E-state index is 9.26. The predicted molar refractivity (Wildman–Crippen MR) is 74.5 cm³/mol. The summed E-state index contributed by atoms with van der Waals surface area (Å²) in [4.78, 5) is 18.5. The number of hydrogen-bond acceptors (Lipinski definition) is 4. The van der Waals surface area contributed by atoms with Crippen LogP contribution < -0.4 is 69.3 Å². The van der Waals surface area contributed by atoms with Crippen molar-refractivity contribution in [3.63, 3.8) is 0 Å². The van der Waals surface area contributed by atoms with Crippen molar-refractivity contribution in [2.75, 3.05) is 0 Å². The fourth-order valence-corrected chi connectivity index (χ4v) is 1.13. The van der Waals surface area contributed by atoms with E-state index < -0.39 is 11.9 Å². The fourth-order valence-electron chi connectivity index (χ4n) is 1.13. The van der Waals surface area contributed by atoms with E-state index in [2.05, 4.69) is 48.5 Å². The van der Waals surface area contributed by atoms with Gasteiger partial charge in [0.05, 0.1) is 0 Å². The van der Waals surface area contributed by atoms with Crippen LogP contribution in [0.2, 0.25) is 0 Å². The first kappa shape index (κ1) is 26.5. The molecule has 108 valence electrons. The summed E-state index contributed by atoms with van der Waals surface area (Å²) in [5.74, 6) is -1.99. The fraction of sp³-hybridized carbons (Fsp3) is 0.250. The van der Waals surface area contributed by atoms with Gasteiger partial charge in [0.25, 0.3) is 0 Å². The zero-order valence-electron chi connectivity index (χ0n) is 13.7. The van der Waals surface area contributed by atoms with Crippen molar-refractivity contribution in [2.45, 2.75) is 26.7 Å². The minimum Gasteiger partial charge on any atom is -0.550 e. The largest absolute Gasteiger partial charge is 1.00 e. The predicted octanol–water partition coefficient (Wildman–Crippen LogP) is -4.86. The third kappa shape index (κ3) is 14.6. The van der Waals surface area contributed by atoms with Crippen molar-refractivity contribution in [1.29, 1.82) is 0 Å². The second-order valence-corrected chi connectivity index (χ2v) is 3.80. The molecule has 0 fully saturated rings. The van der Waals surface area contributed by atoms with E-state index in [0.717, 1.165) is 0 Å². The number of hydrogen-bond donors (Lipinski definition) is 0. The van der Waals surface area contributed by atoms with E-state index in [4.69, 9.17) is 0 Å². The third-order valence-corrected chi connectivity index (χ3v) is 2.24. The number of carbonyl (C=O) groups excluding carboxylic acids is 2. The van der Waals surface area contributed by atoms with Gasteiger partial charge in [-0.1, -0.05) is 62.4 Å². The molecule has 0 unspecified atom stereocenters. The first-order chi connectivity index (χ1) is 9.51. The van der Waals surface area contributed by atoms with Gasteiger partial charge in [0.2, 0.25) is 0 Å². The zero-order chi connectivity index (χ0) is 15.4. The molecule has 0 aliphatic carbocycles. The summed E-state index contributed by atoms with van der Waals surface area (Å²) in [7, 11) is 0. The van der Waals surface area contributed by atoms with Crippen LogP contribution in [0.1, 0.15) is 26.7 Å². The molecule has 0 N–H and O–H groups in total. The molecule has 0 saturated carbocycles. The maximum absolute atomic E-state index is 9.26. The van der Waals surface area contributed by atoms with Crippen LogP contribution in [0.5, 0.6) is 0 Å². The van der Waals surface area contributed by atoms with Gasteiger partial charge in [-0.15, -0.1) is 0 Å². The van der Waals surface area contributed by atoms with Crippen molar-refractivity contribution >= 4 is 22.7 Å². The molecule has 0 aromatic heterocycles. The van der Waals surface area contributed by atoms with Crippen LogP contribution in [-0.4, -0.2) is 11.9 Å². The number of aliphatic carboxylic acids is 2. The number of carbonyl (C=O) groups is 2. The number of rotatable bonds is 2. The quantitative estimate of drug-likeness (QED) is 0.520. The second-order valence-electron chi connectivity index (χ2n) is 3.80. The van der Waals surface area contributed by atoms with Crippen molar-refractivity contribution in [3.05, 3.63) is 48.5 Å². The van der Waals surface area contributed by atoms with Gasteiger partial charge in [-0.3, -0.25) is 0 Å². The van der Waals surface area contributed by atoms with Crippen molar-refractivity contribution < 1.29 is 78.9 Å². The van der Waals surface area contributed by atoms with Crippen LogP contribution in [0.3, 0.4) is 0 Å². The van der Waals surface area contributed by atoms with Gasteiger partial charge < -0.3 is 19.8 Å². The van der Waals surface area contributed by atoms with Crippen LogP contribution in [0.4, 0.5) is 0 Å². The second kappa shape index (κ2) is 17.0. The van der Waals surface area contributed by atoms with Crippen LogP contribution in [0.25, 0.3) is 10.8 Å². The molecule has 0 saturated heterocycles. The van der Waals surface area contributed by atoms with Gasteiger partial charge in [-0.2, -0.15) is 0 Å². The molecule has 0 bridgehead atoms. The molecule has 2 aromatic carbocycles. The van der Waals surface area contributed by atoms with Crippen LogP contribution in [-0.2, 0) is 9.59 Å². The summed E-state index contributed by atoms with van der Waals surface area (Å²) in [6.45, 7) is 3.07. The zero-order valence-corrected chi connectivity index (χ0v) is 17.7. The Morgan fingerprint density at radius 3 is 1.05 bits per heavy atom.